The van der Waals surface area contributed by atoms with Crippen LogP contribution in [-0.4, -0.2) is 34.2 Å². The van der Waals surface area contributed by atoms with E-state index in [0.717, 1.165) is 45.4 Å². The molecule has 1 N–H and O–H groups in total. The molecule has 0 aliphatic carbocycles. The van der Waals surface area contributed by atoms with Crippen molar-refractivity contribution in [3.63, 3.8) is 0 Å². The third-order valence-corrected chi connectivity index (χ3v) is 4.28. The minimum absolute atomic E-state index is 0.157. The van der Waals surface area contributed by atoms with Gasteiger partial charge >= 0.3 is 5.97 Å². The Morgan fingerprint density at radius 2 is 1.74 bits per heavy atom. The van der Waals surface area contributed by atoms with Gasteiger partial charge in [0.15, 0.2) is 0 Å². The molecule has 1 atom stereocenters. The lowest BCUT2D eigenvalue weighted by molar-refractivity contribution is -0.142. The smallest absolute Gasteiger partial charge is 0.306 e. The predicted octanol–water partition coefficient (Wildman–Crippen LogP) is 2.10. The Morgan fingerprint density at radius 1 is 1.05 bits per heavy atom. The van der Waals surface area contributed by atoms with E-state index < -0.39 is 5.97 Å². The van der Waals surface area contributed by atoms with Gasteiger partial charge in [-0.05, 0) is 30.4 Å². The van der Waals surface area contributed by atoms with E-state index in [2.05, 4.69) is 34.3 Å². The van der Waals surface area contributed by atoms with E-state index in [9.17, 15) is 4.79 Å². The molecule has 0 bridgehead atoms. The lowest BCUT2D eigenvalue weighted by atomic mass is 10.0. The van der Waals surface area contributed by atoms with Crippen molar-refractivity contribution in [3.8, 4) is 0 Å². The fourth-order valence-electron chi connectivity index (χ4n) is 3.13. The van der Waals surface area contributed by atoms with E-state index in [4.69, 9.17) is 5.11 Å². The highest BCUT2D eigenvalue weighted by Gasteiger charge is 2.28. The molecular weight excluding hydrogens is 240 g/mol. The third kappa shape index (κ3) is 2.65. The molecule has 1 unspecified atom stereocenters. The Morgan fingerprint density at radius 3 is 2.37 bits per heavy atom. The fourth-order valence-corrected chi connectivity index (χ4v) is 3.13. The van der Waals surface area contributed by atoms with Gasteiger partial charge in [-0.3, -0.25) is 4.79 Å². The second-order valence-corrected chi connectivity index (χ2v) is 5.51. The number of carbonyl (C=O) groups is 1. The number of hydrogen-bond donors (Lipinski definition) is 1. The summed E-state index contributed by atoms with van der Waals surface area (Å²) in [6.07, 6.45) is 2.55. The van der Waals surface area contributed by atoms with Gasteiger partial charge in [-0.15, -0.1) is 0 Å². The maximum absolute atomic E-state index is 11.1. The van der Waals surface area contributed by atoms with E-state index in [1.807, 2.05) is 0 Å². The summed E-state index contributed by atoms with van der Waals surface area (Å²) in [6, 6.07) is 8.55. The van der Waals surface area contributed by atoms with Crippen LogP contribution < -0.4 is 0 Å². The number of fused-ring (bicyclic) bond motifs is 1. The van der Waals surface area contributed by atoms with E-state index in [1.165, 1.54) is 11.1 Å². The Hall–Kier alpha value is -1.39. The number of rotatable bonds is 2. The number of hydrazine groups is 1. The number of nitrogens with zero attached hydrogens (tertiary/aromatic N) is 2. The third-order valence-electron chi connectivity index (χ3n) is 4.28. The summed E-state index contributed by atoms with van der Waals surface area (Å²) in [5.41, 5.74) is 2.81. The SMILES string of the molecule is O=C(O)C1CCCN(N2Cc3ccccc3C2)CC1. The molecule has 4 heteroatoms. The summed E-state index contributed by atoms with van der Waals surface area (Å²) in [5.74, 6) is -0.790. The molecular formula is C15H20N2O2. The first-order chi connectivity index (χ1) is 9.24. The maximum Gasteiger partial charge on any atom is 0.306 e. The van der Waals surface area contributed by atoms with Crippen molar-refractivity contribution in [2.75, 3.05) is 13.1 Å². The summed E-state index contributed by atoms with van der Waals surface area (Å²) in [5, 5.41) is 13.8. The molecule has 1 saturated heterocycles. The molecule has 0 amide bonds. The highest BCUT2D eigenvalue weighted by atomic mass is 16.4. The van der Waals surface area contributed by atoms with Gasteiger partial charge < -0.3 is 5.11 Å². The normalized spacial score (nSPS) is 24.9. The fraction of sp³-hybridized carbons (Fsp3) is 0.533. The average Bonchev–Trinajstić information content (AvgIpc) is 2.67. The summed E-state index contributed by atoms with van der Waals surface area (Å²) in [4.78, 5) is 11.1. The van der Waals surface area contributed by atoms with Crippen molar-refractivity contribution in [2.45, 2.75) is 32.4 Å². The van der Waals surface area contributed by atoms with Crippen LogP contribution in [0.15, 0.2) is 24.3 Å². The zero-order chi connectivity index (χ0) is 13.2. The molecule has 1 fully saturated rings. The molecule has 2 aliphatic heterocycles. The Labute approximate surface area is 113 Å². The summed E-state index contributed by atoms with van der Waals surface area (Å²) in [7, 11) is 0. The summed E-state index contributed by atoms with van der Waals surface area (Å²) >= 11 is 0. The van der Waals surface area contributed by atoms with E-state index in [-0.39, 0.29) is 5.92 Å². The molecule has 0 spiro atoms. The zero-order valence-corrected chi connectivity index (χ0v) is 11.1. The molecule has 102 valence electrons. The Kier molecular flexibility index (Phi) is 3.53. The standard InChI is InChI=1S/C15H20N2O2/c18-15(19)12-6-3-8-16(9-7-12)17-10-13-4-1-2-5-14(13)11-17/h1-2,4-5,12H,3,6-11H2,(H,18,19). The maximum atomic E-state index is 11.1. The molecule has 0 radical (unpaired) electrons. The number of carboxylic acids is 1. The van der Waals surface area contributed by atoms with Crippen molar-refractivity contribution in [1.82, 2.24) is 10.0 Å². The van der Waals surface area contributed by atoms with Crippen molar-refractivity contribution in [1.29, 1.82) is 0 Å². The molecule has 4 nitrogen and oxygen atoms in total. The van der Waals surface area contributed by atoms with E-state index in [1.54, 1.807) is 0 Å². The van der Waals surface area contributed by atoms with Gasteiger partial charge in [-0.1, -0.05) is 24.3 Å². The number of benzene rings is 1. The monoisotopic (exact) mass is 260 g/mol. The van der Waals surface area contributed by atoms with Crippen molar-refractivity contribution >= 4 is 5.97 Å². The van der Waals surface area contributed by atoms with Crippen LogP contribution in [-0.2, 0) is 17.9 Å². The molecule has 2 heterocycles. The van der Waals surface area contributed by atoms with Crippen LogP contribution in [0.1, 0.15) is 30.4 Å². The second-order valence-electron chi connectivity index (χ2n) is 5.51. The molecule has 2 aliphatic rings. The van der Waals surface area contributed by atoms with Crippen LogP contribution in [0, 0.1) is 5.92 Å². The number of carboxylic acid groups (broad SMARTS) is 1. The lowest BCUT2D eigenvalue weighted by Crippen LogP contribution is -2.39. The first kappa shape index (κ1) is 12.6. The van der Waals surface area contributed by atoms with Crippen molar-refractivity contribution in [3.05, 3.63) is 35.4 Å². The number of hydrogen-bond acceptors (Lipinski definition) is 3. The molecule has 19 heavy (non-hydrogen) atoms. The molecule has 3 rings (SSSR count). The van der Waals surface area contributed by atoms with Gasteiger partial charge in [0.25, 0.3) is 0 Å². The van der Waals surface area contributed by atoms with Crippen LogP contribution in [0.2, 0.25) is 0 Å². The Bertz CT molecular complexity index is 450. The van der Waals surface area contributed by atoms with Gasteiger partial charge in [0.2, 0.25) is 0 Å². The summed E-state index contributed by atoms with van der Waals surface area (Å²) < 4.78 is 0. The van der Waals surface area contributed by atoms with Crippen LogP contribution in [0.3, 0.4) is 0 Å². The van der Waals surface area contributed by atoms with E-state index >= 15 is 0 Å². The van der Waals surface area contributed by atoms with Crippen LogP contribution in [0.4, 0.5) is 0 Å². The highest BCUT2D eigenvalue weighted by Crippen LogP contribution is 2.26. The first-order valence-corrected chi connectivity index (χ1v) is 7.03. The van der Waals surface area contributed by atoms with Gasteiger partial charge in [0.1, 0.15) is 0 Å². The van der Waals surface area contributed by atoms with Crippen molar-refractivity contribution < 1.29 is 9.90 Å². The zero-order valence-electron chi connectivity index (χ0n) is 11.1. The lowest BCUT2D eigenvalue weighted by Gasteiger charge is -2.30. The largest absolute Gasteiger partial charge is 0.481 e. The quantitative estimate of drug-likeness (QED) is 0.884. The molecule has 1 aromatic rings. The van der Waals surface area contributed by atoms with Crippen LogP contribution in [0.5, 0.6) is 0 Å². The van der Waals surface area contributed by atoms with Gasteiger partial charge in [0, 0.05) is 26.2 Å². The second kappa shape index (κ2) is 5.31. The van der Waals surface area contributed by atoms with Crippen LogP contribution in [0.25, 0.3) is 0 Å². The highest BCUT2D eigenvalue weighted by molar-refractivity contribution is 5.69. The Balaban J connectivity index is 1.64. The van der Waals surface area contributed by atoms with E-state index in [0.29, 0.717) is 0 Å². The topological polar surface area (TPSA) is 43.8 Å². The minimum Gasteiger partial charge on any atom is -0.481 e. The first-order valence-electron chi connectivity index (χ1n) is 7.03. The van der Waals surface area contributed by atoms with Crippen molar-refractivity contribution in [2.24, 2.45) is 5.92 Å². The minimum atomic E-state index is -0.633. The summed E-state index contributed by atoms with van der Waals surface area (Å²) in [6.45, 7) is 3.78. The molecule has 0 aromatic heterocycles. The predicted molar refractivity (Wildman–Crippen MR) is 72.2 cm³/mol. The average molecular weight is 260 g/mol. The van der Waals surface area contributed by atoms with Crippen LogP contribution >= 0.6 is 0 Å². The molecule has 0 saturated carbocycles. The number of aliphatic carboxylic acids is 1. The van der Waals surface area contributed by atoms with Gasteiger partial charge in [-0.2, -0.15) is 0 Å². The van der Waals surface area contributed by atoms with Gasteiger partial charge in [0.05, 0.1) is 5.92 Å². The molecule has 1 aromatic carbocycles. The van der Waals surface area contributed by atoms with Gasteiger partial charge in [-0.25, -0.2) is 10.0 Å².